The number of hydrogen-bond donors (Lipinski definition) is 2. The van der Waals surface area contributed by atoms with Gasteiger partial charge in [-0.25, -0.2) is 17.5 Å². The summed E-state index contributed by atoms with van der Waals surface area (Å²) in [5, 5.41) is 8.90. The molecule has 25 heavy (non-hydrogen) atoms. The molecule has 0 heterocycles. The molecule has 0 aliphatic carbocycles. The molecule has 1 unspecified atom stereocenters. The predicted octanol–water partition coefficient (Wildman–Crippen LogP) is 2.89. The van der Waals surface area contributed by atoms with Crippen molar-refractivity contribution < 1.29 is 22.7 Å². The van der Waals surface area contributed by atoms with Gasteiger partial charge in [-0.3, -0.25) is 4.79 Å². The van der Waals surface area contributed by atoms with Gasteiger partial charge in [-0.1, -0.05) is 36.4 Å². The van der Waals surface area contributed by atoms with Crippen molar-refractivity contribution in [3.8, 4) is 0 Å². The molecule has 0 bridgehead atoms. The normalized spacial score (nSPS) is 12.7. The van der Waals surface area contributed by atoms with Gasteiger partial charge in [0, 0.05) is 12.5 Å². The first-order valence-electron chi connectivity index (χ1n) is 7.82. The summed E-state index contributed by atoms with van der Waals surface area (Å²) in [6, 6.07) is 12.1. The number of sulfonamides is 1. The molecule has 2 rings (SSSR count). The second-order valence-electron chi connectivity index (χ2n) is 5.85. The van der Waals surface area contributed by atoms with E-state index in [1.807, 2.05) is 30.3 Å². The Labute approximate surface area is 146 Å². The molecule has 2 aromatic rings. The Kier molecular flexibility index (Phi) is 6.27. The van der Waals surface area contributed by atoms with Crippen LogP contribution in [0.15, 0.2) is 53.4 Å². The van der Waals surface area contributed by atoms with Crippen LogP contribution in [0.4, 0.5) is 4.39 Å². The third kappa shape index (κ3) is 5.65. The van der Waals surface area contributed by atoms with E-state index < -0.39 is 27.9 Å². The number of hydrogen-bond acceptors (Lipinski definition) is 3. The first-order valence-corrected chi connectivity index (χ1v) is 9.30. The number of carboxylic acid groups (broad SMARTS) is 1. The molecule has 2 aromatic carbocycles. The number of aryl methyl sites for hydroxylation is 1. The number of rotatable bonds is 8. The minimum atomic E-state index is -3.96. The lowest BCUT2D eigenvalue weighted by atomic mass is 10.0. The monoisotopic (exact) mass is 365 g/mol. The topological polar surface area (TPSA) is 83.5 Å². The van der Waals surface area contributed by atoms with Gasteiger partial charge in [0.15, 0.2) is 0 Å². The third-order valence-corrected chi connectivity index (χ3v) is 5.46. The summed E-state index contributed by atoms with van der Waals surface area (Å²) in [6.07, 6.45) is 0.321. The Morgan fingerprint density at radius 1 is 1.20 bits per heavy atom. The fraction of sp³-hybridized carbons (Fsp3) is 0.278. The summed E-state index contributed by atoms with van der Waals surface area (Å²) in [6.45, 7) is 1.58. The number of halogens is 1. The molecule has 134 valence electrons. The van der Waals surface area contributed by atoms with E-state index in [-0.39, 0.29) is 17.7 Å². The first-order chi connectivity index (χ1) is 11.8. The van der Waals surface area contributed by atoms with Gasteiger partial charge in [-0.05, 0) is 43.0 Å². The minimum absolute atomic E-state index is 0.137. The maximum Gasteiger partial charge on any atom is 0.303 e. The Bertz CT molecular complexity index is 837. The highest BCUT2D eigenvalue weighted by Crippen LogP contribution is 2.18. The van der Waals surface area contributed by atoms with Crippen molar-refractivity contribution in [2.45, 2.75) is 37.1 Å². The molecule has 0 amide bonds. The molecule has 0 spiro atoms. The third-order valence-electron chi connectivity index (χ3n) is 3.79. The number of benzene rings is 2. The number of carbonyl (C=O) groups is 1. The smallest absolute Gasteiger partial charge is 0.303 e. The molecule has 1 atom stereocenters. The summed E-state index contributed by atoms with van der Waals surface area (Å²) in [4.78, 5) is 10.7. The van der Waals surface area contributed by atoms with Crippen LogP contribution in [0.3, 0.4) is 0 Å². The Balaban J connectivity index is 2.24. The number of carboxylic acids is 1. The molecule has 5 nitrogen and oxygen atoms in total. The van der Waals surface area contributed by atoms with Crippen LogP contribution in [-0.2, 0) is 21.2 Å². The van der Waals surface area contributed by atoms with E-state index in [2.05, 4.69) is 4.72 Å². The van der Waals surface area contributed by atoms with Gasteiger partial charge in [0.2, 0.25) is 10.0 Å². The van der Waals surface area contributed by atoms with Gasteiger partial charge in [0.1, 0.15) is 5.82 Å². The number of aliphatic carboxylic acids is 1. The second-order valence-corrected chi connectivity index (χ2v) is 7.53. The van der Waals surface area contributed by atoms with Crippen LogP contribution in [0.5, 0.6) is 0 Å². The van der Waals surface area contributed by atoms with Crippen LogP contribution in [0.25, 0.3) is 0 Å². The summed E-state index contributed by atoms with van der Waals surface area (Å²) in [5.41, 5.74) is 1.31. The summed E-state index contributed by atoms with van der Waals surface area (Å²) >= 11 is 0. The average molecular weight is 365 g/mol. The molecular weight excluding hydrogens is 345 g/mol. The quantitative estimate of drug-likeness (QED) is 0.753. The van der Waals surface area contributed by atoms with E-state index in [0.717, 1.165) is 11.6 Å². The highest BCUT2D eigenvalue weighted by atomic mass is 32.2. The highest BCUT2D eigenvalue weighted by Gasteiger charge is 2.23. The molecule has 7 heteroatoms. The maximum atomic E-state index is 13.4. The van der Waals surface area contributed by atoms with Crippen LogP contribution in [-0.4, -0.2) is 25.5 Å². The van der Waals surface area contributed by atoms with Gasteiger partial charge in [0.05, 0.1) is 4.90 Å². The summed E-state index contributed by atoms with van der Waals surface area (Å²) < 4.78 is 41.2. The Morgan fingerprint density at radius 3 is 2.52 bits per heavy atom. The molecule has 0 aromatic heterocycles. The van der Waals surface area contributed by atoms with Gasteiger partial charge < -0.3 is 5.11 Å². The predicted molar refractivity (Wildman–Crippen MR) is 92.3 cm³/mol. The molecule has 0 aliphatic rings. The largest absolute Gasteiger partial charge is 0.481 e. The van der Waals surface area contributed by atoms with Crippen molar-refractivity contribution >= 4 is 16.0 Å². The lowest BCUT2D eigenvalue weighted by Crippen LogP contribution is -2.37. The summed E-state index contributed by atoms with van der Waals surface area (Å²) in [7, 11) is -3.96. The summed E-state index contributed by atoms with van der Waals surface area (Å²) in [5.74, 6) is -1.64. The van der Waals surface area contributed by atoms with E-state index in [0.29, 0.717) is 12.0 Å². The van der Waals surface area contributed by atoms with Crippen molar-refractivity contribution in [2.75, 3.05) is 0 Å². The minimum Gasteiger partial charge on any atom is -0.481 e. The van der Waals surface area contributed by atoms with Gasteiger partial charge >= 0.3 is 5.97 Å². The van der Waals surface area contributed by atoms with Crippen molar-refractivity contribution in [3.05, 3.63) is 65.5 Å². The lowest BCUT2D eigenvalue weighted by molar-refractivity contribution is -0.137. The van der Waals surface area contributed by atoms with Crippen molar-refractivity contribution in [1.29, 1.82) is 0 Å². The van der Waals surface area contributed by atoms with E-state index in [1.54, 1.807) is 6.92 Å². The zero-order valence-electron chi connectivity index (χ0n) is 13.8. The Morgan fingerprint density at radius 2 is 1.88 bits per heavy atom. The molecule has 0 fully saturated rings. The molecule has 0 saturated carbocycles. The van der Waals surface area contributed by atoms with Crippen molar-refractivity contribution in [2.24, 2.45) is 0 Å². The van der Waals surface area contributed by atoms with Crippen LogP contribution >= 0.6 is 0 Å². The number of nitrogens with one attached hydrogen (secondary N) is 1. The maximum absolute atomic E-state index is 13.4. The molecule has 2 N–H and O–H groups in total. The molecular formula is C18H20FNO4S. The van der Waals surface area contributed by atoms with E-state index >= 15 is 0 Å². The zero-order valence-corrected chi connectivity index (χ0v) is 14.6. The van der Waals surface area contributed by atoms with E-state index in [1.165, 1.54) is 12.1 Å². The van der Waals surface area contributed by atoms with Gasteiger partial charge in [-0.15, -0.1) is 0 Å². The van der Waals surface area contributed by atoms with E-state index in [9.17, 15) is 17.6 Å². The Hall–Kier alpha value is -2.25. The SMILES string of the molecule is Cc1ccc(F)cc1S(=O)(=O)NC(CCC(=O)O)Cc1ccccc1. The van der Waals surface area contributed by atoms with Crippen LogP contribution in [0.1, 0.15) is 24.0 Å². The van der Waals surface area contributed by atoms with Crippen LogP contribution in [0, 0.1) is 12.7 Å². The first kappa shape index (κ1) is 19.1. The van der Waals surface area contributed by atoms with Crippen LogP contribution in [0.2, 0.25) is 0 Å². The highest BCUT2D eigenvalue weighted by molar-refractivity contribution is 7.89. The fourth-order valence-electron chi connectivity index (χ4n) is 2.55. The molecule has 0 aliphatic heterocycles. The van der Waals surface area contributed by atoms with Gasteiger partial charge in [-0.2, -0.15) is 0 Å². The lowest BCUT2D eigenvalue weighted by Gasteiger charge is -2.19. The zero-order chi connectivity index (χ0) is 18.4. The van der Waals surface area contributed by atoms with Gasteiger partial charge in [0.25, 0.3) is 0 Å². The second kappa shape index (κ2) is 8.22. The van der Waals surface area contributed by atoms with Crippen LogP contribution < -0.4 is 4.72 Å². The van der Waals surface area contributed by atoms with Crippen molar-refractivity contribution in [1.82, 2.24) is 4.72 Å². The van der Waals surface area contributed by atoms with E-state index in [4.69, 9.17) is 5.11 Å². The standard InChI is InChI=1S/C18H20FNO4S/c1-13-7-8-15(19)12-17(13)25(23,24)20-16(9-10-18(21)22)11-14-5-3-2-4-6-14/h2-8,12,16,20H,9-11H2,1H3,(H,21,22). The average Bonchev–Trinajstić information content (AvgIpc) is 2.55. The fourth-order valence-corrected chi connectivity index (χ4v) is 4.07. The van der Waals surface area contributed by atoms with Crippen molar-refractivity contribution in [3.63, 3.8) is 0 Å². The molecule has 0 radical (unpaired) electrons. The molecule has 0 saturated heterocycles.